The van der Waals surface area contributed by atoms with E-state index in [-0.39, 0.29) is 11.7 Å². The Morgan fingerprint density at radius 2 is 1.73 bits per heavy atom. The number of aliphatic imine (C=N–C) groups is 1. The van der Waals surface area contributed by atoms with Crippen LogP contribution in [0, 0.1) is 5.82 Å². The van der Waals surface area contributed by atoms with Gasteiger partial charge in [-0.2, -0.15) is 0 Å². The second-order valence-corrected chi connectivity index (χ2v) is 7.31. The maximum atomic E-state index is 13.1. The van der Waals surface area contributed by atoms with Gasteiger partial charge in [0.25, 0.3) is 0 Å². The van der Waals surface area contributed by atoms with Gasteiger partial charge in [-0.15, -0.1) is 0 Å². The number of guanidine groups is 1. The van der Waals surface area contributed by atoms with Gasteiger partial charge in [0.15, 0.2) is 5.96 Å². The first-order chi connectivity index (χ1) is 14.6. The number of rotatable bonds is 10. The number of anilines is 1. The van der Waals surface area contributed by atoms with Crippen molar-refractivity contribution in [3.8, 4) is 0 Å². The van der Waals surface area contributed by atoms with E-state index in [9.17, 15) is 9.18 Å². The lowest BCUT2D eigenvalue weighted by molar-refractivity contribution is -0.130. The number of benzene rings is 1. The van der Waals surface area contributed by atoms with Gasteiger partial charge in [-0.1, -0.05) is 0 Å². The van der Waals surface area contributed by atoms with Gasteiger partial charge in [0.1, 0.15) is 5.82 Å². The lowest BCUT2D eigenvalue weighted by atomic mass is 10.2. The molecule has 1 aromatic carbocycles. The van der Waals surface area contributed by atoms with Crippen LogP contribution >= 0.6 is 0 Å². The van der Waals surface area contributed by atoms with E-state index < -0.39 is 0 Å². The average molecular weight is 421 g/mol. The van der Waals surface area contributed by atoms with E-state index in [0.29, 0.717) is 19.5 Å². The molecule has 168 valence electrons. The molecule has 7 nitrogen and oxygen atoms in total. The predicted octanol–water partition coefficient (Wildman–Crippen LogP) is 1.76. The first-order valence-corrected chi connectivity index (χ1v) is 11.1. The molecule has 0 saturated carbocycles. The van der Waals surface area contributed by atoms with Crippen LogP contribution in [0.15, 0.2) is 29.3 Å². The van der Waals surface area contributed by atoms with Gasteiger partial charge < -0.3 is 20.4 Å². The summed E-state index contributed by atoms with van der Waals surface area (Å²) in [5.41, 5.74) is 1.08. The molecule has 0 unspecified atom stereocenters. The van der Waals surface area contributed by atoms with Crippen molar-refractivity contribution in [3.63, 3.8) is 0 Å². The Morgan fingerprint density at radius 1 is 1.07 bits per heavy atom. The zero-order chi connectivity index (χ0) is 21.8. The molecule has 1 heterocycles. The second-order valence-electron chi connectivity index (χ2n) is 7.31. The number of carbonyl (C=O) groups excluding carboxylic acids is 1. The Labute approximate surface area is 180 Å². The van der Waals surface area contributed by atoms with Crippen molar-refractivity contribution in [2.24, 2.45) is 4.99 Å². The minimum Gasteiger partial charge on any atom is -0.369 e. The second kappa shape index (κ2) is 13.1. The van der Waals surface area contributed by atoms with E-state index in [1.165, 1.54) is 12.1 Å². The molecule has 0 aromatic heterocycles. The van der Waals surface area contributed by atoms with Crippen molar-refractivity contribution < 1.29 is 9.18 Å². The van der Waals surface area contributed by atoms with Gasteiger partial charge >= 0.3 is 0 Å². The van der Waals surface area contributed by atoms with Gasteiger partial charge in [0.05, 0.1) is 6.54 Å². The number of carbonyl (C=O) groups is 1. The van der Waals surface area contributed by atoms with Crippen LogP contribution in [0.25, 0.3) is 0 Å². The molecule has 2 N–H and O–H groups in total. The molecule has 8 heteroatoms. The summed E-state index contributed by atoms with van der Waals surface area (Å²) >= 11 is 0. The van der Waals surface area contributed by atoms with Crippen molar-refractivity contribution in [1.29, 1.82) is 0 Å². The van der Waals surface area contributed by atoms with E-state index in [2.05, 4.69) is 25.4 Å². The Hall–Kier alpha value is -2.35. The molecule has 1 aromatic rings. The van der Waals surface area contributed by atoms with Crippen LogP contribution in [-0.2, 0) is 4.79 Å². The summed E-state index contributed by atoms with van der Waals surface area (Å²) in [6.45, 7) is 14.3. The molecule has 1 fully saturated rings. The van der Waals surface area contributed by atoms with Gasteiger partial charge in [0, 0.05) is 71.0 Å². The summed E-state index contributed by atoms with van der Waals surface area (Å²) in [6.07, 6.45) is 0.470. The first-order valence-electron chi connectivity index (χ1n) is 11.1. The summed E-state index contributed by atoms with van der Waals surface area (Å²) in [6, 6.07) is 6.71. The molecular formula is C22H37FN6O. The molecule has 30 heavy (non-hydrogen) atoms. The fraction of sp³-hybridized carbons (Fsp3) is 0.636. The lowest BCUT2D eigenvalue weighted by Gasteiger charge is -2.35. The molecule has 0 radical (unpaired) electrons. The summed E-state index contributed by atoms with van der Waals surface area (Å²) in [5, 5.41) is 6.50. The van der Waals surface area contributed by atoms with Crippen LogP contribution in [-0.4, -0.2) is 87.1 Å². The van der Waals surface area contributed by atoms with Crippen LogP contribution < -0.4 is 15.5 Å². The molecule has 1 saturated heterocycles. The van der Waals surface area contributed by atoms with Crippen molar-refractivity contribution in [2.75, 3.05) is 70.3 Å². The quantitative estimate of drug-likeness (QED) is 0.446. The van der Waals surface area contributed by atoms with Crippen LogP contribution in [0.2, 0.25) is 0 Å². The molecule has 0 atom stereocenters. The van der Waals surface area contributed by atoms with Crippen LogP contribution in [0.4, 0.5) is 10.1 Å². The normalized spacial score (nSPS) is 15.2. The van der Waals surface area contributed by atoms with E-state index in [1.54, 1.807) is 0 Å². The monoisotopic (exact) mass is 420 g/mol. The highest BCUT2D eigenvalue weighted by molar-refractivity contribution is 5.81. The van der Waals surface area contributed by atoms with Crippen LogP contribution in [0.5, 0.6) is 0 Å². The standard InChI is InChI=1S/C22H37FN6O/c1-4-24-22(25-12-11-21(30)28(5-2)6-3)26-13-14-27-15-17-29(18-16-27)20-9-7-19(23)8-10-20/h7-10H,4-6,11-18H2,1-3H3,(H2,24,25,26). The third-order valence-corrected chi connectivity index (χ3v) is 5.34. The van der Waals surface area contributed by atoms with Crippen molar-refractivity contribution >= 4 is 17.6 Å². The molecule has 2 rings (SSSR count). The Balaban J connectivity index is 1.71. The zero-order valence-corrected chi connectivity index (χ0v) is 18.7. The molecule has 0 spiro atoms. The summed E-state index contributed by atoms with van der Waals surface area (Å²) in [7, 11) is 0. The fourth-order valence-corrected chi connectivity index (χ4v) is 3.55. The van der Waals surface area contributed by atoms with Crippen molar-refractivity contribution in [2.45, 2.75) is 27.2 Å². The van der Waals surface area contributed by atoms with E-state index in [1.807, 2.05) is 37.8 Å². The third kappa shape index (κ3) is 7.82. The minimum atomic E-state index is -0.197. The maximum absolute atomic E-state index is 13.1. The summed E-state index contributed by atoms with van der Waals surface area (Å²) in [4.78, 5) is 23.3. The number of hydrogen-bond donors (Lipinski definition) is 2. The molecular weight excluding hydrogens is 383 g/mol. The maximum Gasteiger partial charge on any atom is 0.224 e. The largest absolute Gasteiger partial charge is 0.369 e. The first kappa shape index (κ1) is 23.9. The minimum absolute atomic E-state index is 0.169. The Bertz CT molecular complexity index is 654. The number of hydrogen-bond acceptors (Lipinski definition) is 4. The molecule has 1 amide bonds. The topological polar surface area (TPSA) is 63.2 Å². The summed E-state index contributed by atoms with van der Waals surface area (Å²) < 4.78 is 13.1. The van der Waals surface area contributed by atoms with Gasteiger partial charge in [-0.25, -0.2) is 4.39 Å². The fourth-order valence-electron chi connectivity index (χ4n) is 3.55. The van der Waals surface area contributed by atoms with Gasteiger partial charge in [0.2, 0.25) is 5.91 Å². The highest BCUT2D eigenvalue weighted by atomic mass is 19.1. The van der Waals surface area contributed by atoms with Crippen LogP contribution in [0.3, 0.4) is 0 Å². The highest BCUT2D eigenvalue weighted by Gasteiger charge is 2.17. The molecule has 0 aliphatic carbocycles. The van der Waals surface area contributed by atoms with Crippen molar-refractivity contribution in [3.05, 3.63) is 30.1 Å². The Kier molecular flexibility index (Phi) is 10.4. The predicted molar refractivity (Wildman–Crippen MR) is 122 cm³/mol. The van der Waals surface area contributed by atoms with E-state index in [0.717, 1.165) is 64.0 Å². The average Bonchev–Trinajstić information content (AvgIpc) is 2.76. The number of amides is 1. The number of nitrogens with zero attached hydrogens (tertiary/aromatic N) is 4. The number of nitrogens with one attached hydrogen (secondary N) is 2. The smallest absolute Gasteiger partial charge is 0.224 e. The van der Waals surface area contributed by atoms with Gasteiger partial charge in [-0.05, 0) is 45.0 Å². The van der Waals surface area contributed by atoms with Crippen molar-refractivity contribution in [1.82, 2.24) is 20.4 Å². The number of piperazine rings is 1. The van der Waals surface area contributed by atoms with E-state index in [4.69, 9.17) is 0 Å². The molecule has 1 aliphatic rings. The molecule has 0 bridgehead atoms. The lowest BCUT2D eigenvalue weighted by Crippen LogP contribution is -2.47. The third-order valence-electron chi connectivity index (χ3n) is 5.34. The SMILES string of the molecule is CCNC(=NCCN1CCN(c2ccc(F)cc2)CC1)NCCC(=O)N(CC)CC. The summed E-state index contributed by atoms with van der Waals surface area (Å²) in [5.74, 6) is 0.731. The van der Waals surface area contributed by atoms with Crippen LogP contribution in [0.1, 0.15) is 27.2 Å². The zero-order valence-electron chi connectivity index (χ0n) is 18.7. The Morgan fingerprint density at radius 3 is 2.33 bits per heavy atom. The van der Waals surface area contributed by atoms with Gasteiger partial charge in [-0.3, -0.25) is 14.7 Å². The number of halogens is 1. The van der Waals surface area contributed by atoms with E-state index >= 15 is 0 Å². The molecule has 1 aliphatic heterocycles. The highest BCUT2D eigenvalue weighted by Crippen LogP contribution is 2.16.